The lowest BCUT2D eigenvalue weighted by molar-refractivity contribution is 0.298. The van der Waals surface area contributed by atoms with Crippen LogP contribution in [0.3, 0.4) is 0 Å². The van der Waals surface area contributed by atoms with E-state index in [1.807, 2.05) is 37.4 Å². The molecule has 4 nitrogen and oxygen atoms in total. The van der Waals surface area contributed by atoms with Crippen LogP contribution >= 0.6 is 0 Å². The number of fused-ring (bicyclic) bond motifs is 1. The molecule has 1 unspecified atom stereocenters. The highest BCUT2D eigenvalue weighted by Crippen LogP contribution is 2.35. The minimum atomic E-state index is 0.257. The number of rotatable bonds is 4. The fourth-order valence-corrected chi connectivity index (χ4v) is 2.36. The Bertz CT molecular complexity index is 674. The molecule has 2 aromatic carbocycles. The molecule has 0 spiro atoms. The van der Waals surface area contributed by atoms with Crippen LogP contribution < -0.4 is 14.8 Å². The van der Waals surface area contributed by atoms with E-state index in [1.165, 1.54) is 5.56 Å². The number of nitrogens with zero attached hydrogens (tertiary/aromatic N) is 1. The lowest BCUT2D eigenvalue weighted by Gasteiger charge is -2.09. The molecule has 1 aliphatic rings. The Morgan fingerprint density at radius 1 is 1.29 bits per heavy atom. The van der Waals surface area contributed by atoms with E-state index in [4.69, 9.17) is 14.7 Å². The van der Waals surface area contributed by atoms with Gasteiger partial charge in [0.15, 0.2) is 0 Å². The summed E-state index contributed by atoms with van der Waals surface area (Å²) in [6, 6.07) is 15.7. The second-order valence-electron chi connectivity index (χ2n) is 4.95. The van der Waals surface area contributed by atoms with E-state index in [2.05, 4.69) is 11.4 Å². The van der Waals surface area contributed by atoms with Gasteiger partial charge in [0.05, 0.1) is 17.7 Å². The maximum atomic E-state index is 8.77. The summed E-state index contributed by atoms with van der Waals surface area (Å²) >= 11 is 0. The molecule has 1 heterocycles. The average molecular weight is 280 g/mol. The first-order chi connectivity index (χ1) is 10.3. The number of ether oxygens (including phenoxy) is 2. The van der Waals surface area contributed by atoms with Gasteiger partial charge in [0.1, 0.15) is 24.7 Å². The standard InChI is InChI=1S/C17H16N2O2/c1-19-16-11-21-17-8-14(6-7-15(16)17)20-10-13-4-2-12(9-18)3-5-13/h2-8,16,19H,10-11H2,1H3. The number of hydrogen-bond donors (Lipinski definition) is 1. The van der Waals surface area contributed by atoms with Crippen molar-refractivity contribution in [3.05, 3.63) is 59.2 Å². The average Bonchev–Trinajstić information content (AvgIpc) is 2.95. The van der Waals surface area contributed by atoms with Crippen molar-refractivity contribution < 1.29 is 9.47 Å². The third kappa shape index (κ3) is 2.83. The first-order valence-electron chi connectivity index (χ1n) is 6.86. The zero-order chi connectivity index (χ0) is 14.7. The lowest BCUT2D eigenvalue weighted by atomic mass is 10.1. The molecule has 0 radical (unpaired) electrons. The Balaban J connectivity index is 1.67. The molecular weight excluding hydrogens is 264 g/mol. The SMILES string of the molecule is CNC1COc2cc(OCc3ccc(C#N)cc3)ccc21. The van der Waals surface area contributed by atoms with Gasteiger partial charge in [0, 0.05) is 11.6 Å². The first kappa shape index (κ1) is 13.5. The number of likely N-dealkylation sites (N-methyl/N-ethyl adjacent to an activating group) is 1. The van der Waals surface area contributed by atoms with Crippen molar-refractivity contribution in [2.75, 3.05) is 13.7 Å². The highest BCUT2D eigenvalue weighted by atomic mass is 16.5. The van der Waals surface area contributed by atoms with Gasteiger partial charge in [0.2, 0.25) is 0 Å². The molecule has 106 valence electrons. The van der Waals surface area contributed by atoms with Crippen LogP contribution in [0.5, 0.6) is 11.5 Å². The van der Waals surface area contributed by atoms with E-state index in [1.54, 1.807) is 12.1 Å². The van der Waals surface area contributed by atoms with Gasteiger partial charge >= 0.3 is 0 Å². The van der Waals surface area contributed by atoms with Crippen LogP contribution in [0.2, 0.25) is 0 Å². The van der Waals surface area contributed by atoms with Gasteiger partial charge < -0.3 is 14.8 Å². The van der Waals surface area contributed by atoms with Gasteiger partial charge in [-0.05, 0) is 36.9 Å². The molecule has 1 N–H and O–H groups in total. The van der Waals surface area contributed by atoms with Crippen molar-refractivity contribution in [3.63, 3.8) is 0 Å². The summed E-state index contributed by atoms with van der Waals surface area (Å²) in [5.41, 5.74) is 2.86. The van der Waals surface area contributed by atoms with Crippen molar-refractivity contribution in [2.24, 2.45) is 0 Å². The minimum absolute atomic E-state index is 0.257. The van der Waals surface area contributed by atoms with Crippen LogP contribution in [0.4, 0.5) is 0 Å². The summed E-state index contributed by atoms with van der Waals surface area (Å²) in [5, 5.41) is 12.0. The predicted molar refractivity (Wildman–Crippen MR) is 79.2 cm³/mol. The number of nitrogens with one attached hydrogen (secondary N) is 1. The first-order valence-corrected chi connectivity index (χ1v) is 6.86. The molecule has 4 heteroatoms. The van der Waals surface area contributed by atoms with Gasteiger partial charge in [-0.3, -0.25) is 0 Å². The number of nitriles is 1. The summed E-state index contributed by atoms with van der Waals surface area (Å²) < 4.78 is 11.4. The van der Waals surface area contributed by atoms with Crippen molar-refractivity contribution in [2.45, 2.75) is 12.6 Å². The largest absolute Gasteiger partial charge is 0.491 e. The van der Waals surface area contributed by atoms with Gasteiger partial charge in [-0.2, -0.15) is 5.26 Å². The molecule has 2 aromatic rings. The molecule has 3 rings (SSSR count). The fraction of sp³-hybridized carbons (Fsp3) is 0.235. The normalized spacial score (nSPS) is 15.9. The smallest absolute Gasteiger partial charge is 0.127 e. The van der Waals surface area contributed by atoms with Gasteiger partial charge in [-0.15, -0.1) is 0 Å². The van der Waals surface area contributed by atoms with Crippen LogP contribution in [-0.2, 0) is 6.61 Å². The van der Waals surface area contributed by atoms with Crippen molar-refractivity contribution in [3.8, 4) is 17.6 Å². The van der Waals surface area contributed by atoms with E-state index in [9.17, 15) is 0 Å². The summed E-state index contributed by atoms with van der Waals surface area (Å²) in [6.07, 6.45) is 0. The Morgan fingerprint density at radius 3 is 2.81 bits per heavy atom. The zero-order valence-corrected chi connectivity index (χ0v) is 11.8. The monoisotopic (exact) mass is 280 g/mol. The van der Waals surface area contributed by atoms with Crippen LogP contribution in [0.15, 0.2) is 42.5 Å². The highest BCUT2D eigenvalue weighted by Gasteiger charge is 2.22. The molecule has 21 heavy (non-hydrogen) atoms. The molecule has 0 saturated carbocycles. The molecule has 0 amide bonds. The van der Waals surface area contributed by atoms with E-state index in [-0.39, 0.29) is 6.04 Å². The van der Waals surface area contributed by atoms with Crippen LogP contribution in [0, 0.1) is 11.3 Å². The Hall–Kier alpha value is -2.51. The Morgan fingerprint density at radius 2 is 2.10 bits per heavy atom. The zero-order valence-electron chi connectivity index (χ0n) is 11.8. The second-order valence-corrected chi connectivity index (χ2v) is 4.95. The van der Waals surface area contributed by atoms with E-state index in [0.717, 1.165) is 17.1 Å². The molecule has 0 fully saturated rings. The summed E-state index contributed by atoms with van der Waals surface area (Å²) in [7, 11) is 1.93. The highest BCUT2D eigenvalue weighted by molar-refractivity contribution is 5.45. The number of hydrogen-bond acceptors (Lipinski definition) is 4. The van der Waals surface area contributed by atoms with Crippen molar-refractivity contribution in [1.29, 1.82) is 5.26 Å². The molecule has 0 aliphatic carbocycles. The third-order valence-corrected chi connectivity index (χ3v) is 3.60. The van der Waals surface area contributed by atoms with Gasteiger partial charge in [-0.25, -0.2) is 0 Å². The van der Waals surface area contributed by atoms with Crippen LogP contribution in [0.1, 0.15) is 22.7 Å². The third-order valence-electron chi connectivity index (χ3n) is 3.60. The topological polar surface area (TPSA) is 54.3 Å². The van der Waals surface area contributed by atoms with Crippen LogP contribution in [-0.4, -0.2) is 13.7 Å². The minimum Gasteiger partial charge on any atom is -0.491 e. The predicted octanol–water partition coefficient (Wildman–Crippen LogP) is 2.79. The molecule has 1 aliphatic heterocycles. The second kappa shape index (κ2) is 5.86. The van der Waals surface area contributed by atoms with E-state index < -0.39 is 0 Å². The Kier molecular flexibility index (Phi) is 3.76. The molecule has 0 saturated heterocycles. The molecule has 0 aromatic heterocycles. The van der Waals surface area contributed by atoms with Crippen molar-refractivity contribution >= 4 is 0 Å². The van der Waals surface area contributed by atoms with E-state index >= 15 is 0 Å². The fourth-order valence-electron chi connectivity index (χ4n) is 2.36. The van der Waals surface area contributed by atoms with Crippen LogP contribution in [0.25, 0.3) is 0 Å². The molecule has 0 bridgehead atoms. The summed E-state index contributed by atoms with van der Waals surface area (Å²) in [4.78, 5) is 0. The van der Waals surface area contributed by atoms with Gasteiger partial charge in [0.25, 0.3) is 0 Å². The summed E-state index contributed by atoms with van der Waals surface area (Å²) in [5.74, 6) is 1.67. The van der Waals surface area contributed by atoms with Crippen molar-refractivity contribution in [1.82, 2.24) is 5.32 Å². The number of benzene rings is 2. The quantitative estimate of drug-likeness (QED) is 0.935. The maximum absolute atomic E-state index is 8.77. The maximum Gasteiger partial charge on any atom is 0.127 e. The molecular formula is C17H16N2O2. The Labute approximate surface area is 123 Å². The lowest BCUT2D eigenvalue weighted by Crippen LogP contribution is -2.17. The molecule has 1 atom stereocenters. The van der Waals surface area contributed by atoms with E-state index in [0.29, 0.717) is 18.8 Å². The van der Waals surface area contributed by atoms with Gasteiger partial charge in [-0.1, -0.05) is 12.1 Å². The summed E-state index contributed by atoms with van der Waals surface area (Å²) in [6.45, 7) is 1.13.